The summed E-state index contributed by atoms with van der Waals surface area (Å²) in [4.78, 5) is 0. The van der Waals surface area contributed by atoms with E-state index in [9.17, 15) is 8.78 Å². The van der Waals surface area contributed by atoms with E-state index in [4.69, 9.17) is 10.00 Å². The minimum atomic E-state index is -0.554. The Morgan fingerprint density at radius 1 is 0.882 bits per heavy atom. The van der Waals surface area contributed by atoms with E-state index < -0.39 is 5.82 Å². The molecular weight excluding hydrogens is 224 g/mol. The van der Waals surface area contributed by atoms with E-state index in [2.05, 4.69) is 0 Å². The van der Waals surface area contributed by atoms with Crippen molar-refractivity contribution in [2.75, 3.05) is 0 Å². The van der Waals surface area contributed by atoms with Crippen LogP contribution in [0, 0.1) is 23.0 Å². The van der Waals surface area contributed by atoms with Gasteiger partial charge in [-0.1, -0.05) is 0 Å². The first-order valence-electron chi connectivity index (χ1n) is 4.81. The molecule has 0 aliphatic carbocycles. The van der Waals surface area contributed by atoms with Crippen LogP contribution in [0.5, 0.6) is 11.5 Å². The van der Waals surface area contributed by atoms with Gasteiger partial charge in [-0.15, -0.1) is 0 Å². The van der Waals surface area contributed by atoms with Gasteiger partial charge in [-0.2, -0.15) is 5.26 Å². The Balaban J connectivity index is 2.27. The van der Waals surface area contributed by atoms with Crippen LogP contribution in [-0.2, 0) is 0 Å². The van der Waals surface area contributed by atoms with Crippen LogP contribution in [0.3, 0.4) is 0 Å². The predicted molar refractivity (Wildman–Crippen MR) is 57.6 cm³/mol. The van der Waals surface area contributed by atoms with Crippen molar-refractivity contribution in [2.24, 2.45) is 0 Å². The van der Waals surface area contributed by atoms with Crippen molar-refractivity contribution in [3.8, 4) is 17.6 Å². The Morgan fingerprint density at radius 2 is 1.59 bits per heavy atom. The second-order valence-corrected chi connectivity index (χ2v) is 3.34. The van der Waals surface area contributed by atoms with Crippen LogP contribution in [0.25, 0.3) is 0 Å². The van der Waals surface area contributed by atoms with Gasteiger partial charge in [-0.3, -0.25) is 0 Å². The molecule has 0 spiro atoms. The van der Waals surface area contributed by atoms with Gasteiger partial charge >= 0.3 is 0 Å². The van der Waals surface area contributed by atoms with Crippen LogP contribution >= 0.6 is 0 Å². The molecule has 17 heavy (non-hydrogen) atoms. The fourth-order valence-electron chi connectivity index (χ4n) is 1.32. The molecule has 0 aromatic heterocycles. The lowest BCUT2D eigenvalue weighted by molar-refractivity contribution is 0.474. The predicted octanol–water partition coefficient (Wildman–Crippen LogP) is 3.63. The third kappa shape index (κ3) is 2.79. The van der Waals surface area contributed by atoms with Gasteiger partial charge in [0, 0.05) is 6.07 Å². The quantitative estimate of drug-likeness (QED) is 0.790. The first-order chi connectivity index (χ1) is 8.17. The summed E-state index contributed by atoms with van der Waals surface area (Å²) in [7, 11) is 0. The van der Waals surface area contributed by atoms with E-state index in [0.717, 1.165) is 12.1 Å². The maximum absolute atomic E-state index is 13.1. The molecule has 0 N–H and O–H groups in total. The molecule has 0 radical (unpaired) electrons. The number of halogens is 2. The number of nitrogens with zero attached hydrogens (tertiary/aromatic N) is 1. The summed E-state index contributed by atoms with van der Waals surface area (Å²) in [5.74, 6) is -0.357. The lowest BCUT2D eigenvalue weighted by Crippen LogP contribution is -1.87. The highest BCUT2D eigenvalue weighted by Crippen LogP contribution is 2.23. The number of hydrogen-bond donors (Lipinski definition) is 0. The van der Waals surface area contributed by atoms with E-state index in [1.54, 1.807) is 0 Å². The molecule has 2 nitrogen and oxygen atoms in total. The summed E-state index contributed by atoms with van der Waals surface area (Å²) in [6, 6.07) is 10.8. The Bertz CT molecular complexity index is 573. The number of ether oxygens (including phenoxy) is 1. The van der Waals surface area contributed by atoms with Crippen LogP contribution in [0.2, 0.25) is 0 Å². The molecule has 0 aliphatic rings. The fourth-order valence-corrected chi connectivity index (χ4v) is 1.32. The van der Waals surface area contributed by atoms with Crippen LogP contribution in [-0.4, -0.2) is 0 Å². The Morgan fingerprint density at radius 3 is 2.24 bits per heavy atom. The highest BCUT2D eigenvalue weighted by Gasteiger charge is 2.03. The van der Waals surface area contributed by atoms with Gasteiger partial charge in [-0.05, 0) is 36.4 Å². The molecule has 0 amide bonds. The summed E-state index contributed by atoms with van der Waals surface area (Å²) in [5, 5.41) is 8.67. The molecule has 4 heteroatoms. The molecule has 0 unspecified atom stereocenters. The largest absolute Gasteiger partial charge is 0.457 e. The summed E-state index contributed by atoms with van der Waals surface area (Å²) in [6.07, 6.45) is 0. The van der Waals surface area contributed by atoms with Gasteiger partial charge in [0.05, 0.1) is 11.6 Å². The number of rotatable bonds is 2. The zero-order valence-corrected chi connectivity index (χ0v) is 8.65. The van der Waals surface area contributed by atoms with E-state index in [-0.39, 0.29) is 17.1 Å². The standard InChI is InChI=1S/C13H7F2NO/c14-10-1-3-12(4-2-10)17-13-6-9(8-16)5-11(15)7-13/h1-7H. The number of hydrogen-bond acceptors (Lipinski definition) is 2. The average Bonchev–Trinajstić information content (AvgIpc) is 2.31. The topological polar surface area (TPSA) is 33.0 Å². The van der Waals surface area contributed by atoms with Crippen molar-refractivity contribution in [3.05, 3.63) is 59.7 Å². The number of nitriles is 1. The zero-order valence-electron chi connectivity index (χ0n) is 8.65. The first kappa shape index (κ1) is 11.1. The van der Waals surface area contributed by atoms with Gasteiger partial charge in [0.1, 0.15) is 23.1 Å². The maximum atomic E-state index is 13.1. The molecule has 0 bridgehead atoms. The average molecular weight is 231 g/mol. The van der Waals surface area contributed by atoms with Crippen LogP contribution in [0.1, 0.15) is 5.56 Å². The molecule has 0 heterocycles. The van der Waals surface area contributed by atoms with E-state index in [1.165, 1.54) is 30.3 Å². The smallest absolute Gasteiger partial charge is 0.131 e. The second kappa shape index (κ2) is 4.62. The van der Waals surface area contributed by atoms with Gasteiger partial charge in [0.25, 0.3) is 0 Å². The summed E-state index contributed by atoms with van der Waals surface area (Å²) in [6.45, 7) is 0. The van der Waals surface area contributed by atoms with E-state index >= 15 is 0 Å². The van der Waals surface area contributed by atoms with E-state index in [0.29, 0.717) is 5.75 Å². The summed E-state index contributed by atoms with van der Waals surface area (Å²) in [5.41, 5.74) is 0.169. The SMILES string of the molecule is N#Cc1cc(F)cc(Oc2ccc(F)cc2)c1. The van der Waals surface area contributed by atoms with Crippen LogP contribution < -0.4 is 4.74 Å². The fraction of sp³-hybridized carbons (Fsp3) is 0. The molecule has 0 atom stereocenters. The minimum Gasteiger partial charge on any atom is -0.457 e. The monoisotopic (exact) mass is 231 g/mol. The molecule has 0 saturated carbocycles. The van der Waals surface area contributed by atoms with Crippen molar-refractivity contribution in [1.29, 1.82) is 5.26 Å². The molecule has 2 aromatic rings. The highest BCUT2D eigenvalue weighted by atomic mass is 19.1. The van der Waals surface area contributed by atoms with E-state index in [1.807, 2.05) is 6.07 Å². The maximum Gasteiger partial charge on any atom is 0.131 e. The lowest BCUT2D eigenvalue weighted by atomic mass is 10.2. The minimum absolute atomic E-state index is 0.169. The van der Waals surface area contributed by atoms with Crippen molar-refractivity contribution >= 4 is 0 Å². The van der Waals surface area contributed by atoms with Crippen LogP contribution in [0.4, 0.5) is 8.78 Å². The molecule has 0 saturated heterocycles. The molecule has 84 valence electrons. The molecule has 2 aromatic carbocycles. The Labute approximate surface area is 96.7 Å². The summed E-state index contributed by atoms with van der Waals surface area (Å²) < 4.78 is 31.0. The molecule has 0 aliphatic heterocycles. The first-order valence-corrected chi connectivity index (χ1v) is 4.81. The summed E-state index contributed by atoms with van der Waals surface area (Å²) >= 11 is 0. The molecule has 0 fully saturated rings. The Kier molecular flexibility index (Phi) is 3.01. The van der Waals surface area contributed by atoms with Gasteiger partial charge in [-0.25, -0.2) is 8.78 Å². The number of benzene rings is 2. The molecular formula is C13H7F2NO. The van der Waals surface area contributed by atoms with Crippen molar-refractivity contribution < 1.29 is 13.5 Å². The van der Waals surface area contributed by atoms with Crippen molar-refractivity contribution in [2.45, 2.75) is 0 Å². The third-order valence-electron chi connectivity index (χ3n) is 2.05. The van der Waals surface area contributed by atoms with Gasteiger partial charge in [0.15, 0.2) is 0 Å². The van der Waals surface area contributed by atoms with Gasteiger partial charge in [0.2, 0.25) is 0 Å². The highest BCUT2D eigenvalue weighted by molar-refractivity contribution is 5.39. The van der Waals surface area contributed by atoms with Crippen molar-refractivity contribution in [1.82, 2.24) is 0 Å². The molecule has 2 rings (SSSR count). The van der Waals surface area contributed by atoms with Gasteiger partial charge < -0.3 is 4.74 Å². The third-order valence-corrected chi connectivity index (χ3v) is 2.05. The lowest BCUT2D eigenvalue weighted by Gasteiger charge is -2.05. The van der Waals surface area contributed by atoms with Crippen molar-refractivity contribution in [3.63, 3.8) is 0 Å². The Hall–Kier alpha value is -2.41. The second-order valence-electron chi connectivity index (χ2n) is 3.34. The normalized spacial score (nSPS) is 9.71. The zero-order chi connectivity index (χ0) is 12.3. The van der Waals surface area contributed by atoms with Crippen LogP contribution in [0.15, 0.2) is 42.5 Å².